The first-order valence-corrected chi connectivity index (χ1v) is 5.52. The van der Waals surface area contributed by atoms with Crippen molar-refractivity contribution in [1.82, 2.24) is 4.98 Å². The minimum Gasteiger partial charge on any atom is -0.318 e. The quantitative estimate of drug-likeness (QED) is 0.849. The summed E-state index contributed by atoms with van der Waals surface area (Å²) >= 11 is 0. The van der Waals surface area contributed by atoms with Gasteiger partial charge in [0.25, 0.3) is 0 Å². The van der Waals surface area contributed by atoms with E-state index in [4.69, 9.17) is 5.73 Å². The van der Waals surface area contributed by atoms with Gasteiger partial charge in [-0.1, -0.05) is 37.3 Å². The van der Waals surface area contributed by atoms with E-state index in [2.05, 4.69) is 24.0 Å². The number of pyridine rings is 1. The first kappa shape index (κ1) is 10.8. The standard InChI is InChI=1S/C14H16N2/c1-2-14(15,12-6-4-3-5-7-12)13-8-10-16-11-9-13/h3-11H,2,15H2,1H3. The summed E-state index contributed by atoms with van der Waals surface area (Å²) < 4.78 is 0. The molecule has 0 saturated heterocycles. The summed E-state index contributed by atoms with van der Waals surface area (Å²) in [6.45, 7) is 2.10. The maximum atomic E-state index is 6.51. The molecule has 2 aromatic rings. The van der Waals surface area contributed by atoms with Crippen LogP contribution in [0, 0.1) is 0 Å². The highest BCUT2D eigenvalue weighted by molar-refractivity contribution is 5.36. The second-order valence-corrected chi connectivity index (χ2v) is 3.93. The molecule has 0 fully saturated rings. The largest absolute Gasteiger partial charge is 0.318 e. The number of hydrogen-bond donors (Lipinski definition) is 1. The highest BCUT2D eigenvalue weighted by Crippen LogP contribution is 2.29. The Morgan fingerprint density at radius 1 is 1.00 bits per heavy atom. The van der Waals surface area contributed by atoms with E-state index in [0.717, 1.165) is 17.5 Å². The molecule has 0 aliphatic heterocycles. The predicted octanol–water partition coefficient (Wildman–Crippen LogP) is 2.69. The third kappa shape index (κ3) is 1.84. The third-order valence-electron chi connectivity index (χ3n) is 3.04. The summed E-state index contributed by atoms with van der Waals surface area (Å²) in [5, 5.41) is 0. The Hall–Kier alpha value is -1.67. The van der Waals surface area contributed by atoms with Crippen LogP contribution < -0.4 is 5.73 Å². The maximum Gasteiger partial charge on any atom is 0.0664 e. The van der Waals surface area contributed by atoms with Crippen LogP contribution in [0.2, 0.25) is 0 Å². The molecule has 0 aliphatic rings. The highest BCUT2D eigenvalue weighted by atomic mass is 14.7. The van der Waals surface area contributed by atoms with Crippen molar-refractivity contribution in [3.63, 3.8) is 0 Å². The van der Waals surface area contributed by atoms with Gasteiger partial charge in [-0.05, 0) is 29.7 Å². The van der Waals surface area contributed by atoms with E-state index in [-0.39, 0.29) is 0 Å². The molecule has 1 heterocycles. The summed E-state index contributed by atoms with van der Waals surface area (Å²) in [4.78, 5) is 4.03. The lowest BCUT2D eigenvalue weighted by Gasteiger charge is -2.29. The Balaban J connectivity index is 2.49. The Labute approximate surface area is 96.1 Å². The van der Waals surface area contributed by atoms with Crippen LogP contribution in [0.1, 0.15) is 24.5 Å². The van der Waals surface area contributed by atoms with Gasteiger partial charge in [-0.3, -0.25) is 4.98 Å². The van der Waals surface area contributed by atoms with E-state index in [0.29, 0.717) is 0 Å². The predicted molar refractivity (Wildman–Crippen MR) is 65.9 cm³/mol. The van der Waals surface area contributed by atoms with E-state index >= 15 is 0 Å². The smallest absolute Gasteiger partial charge is 0.0664 e. The zero-order valence-electron chi connectivity index (χ0n) is 9.43. The van der Waals surface area contributed by atoms with Gasteiger partial charge in [-0.2, -0.15) is 0 Å². The molecule has 0 radical (unpaired) electrons. The van der Waals surface area contributed by atoms with Gasteiger partial charge in [0, 0.05) is 12.4 Å². The van der Waals surface area contributed by atoms with Crippen molar-refractivity contribution in [1.29, 1.82) is 0 Å². The average Bonchev–Trinajstić information content (AvgIpc) is 2.40. The van der Waals surface area contributed by atoms with E-state index in [1.807, 2.05) is 30.3 Å². The number of hydrogen-bond acceptors (Lipinski definition) is 2. The van der Waals surface area contributed by atoms with Gasteiger partial charge in [-0.15, -0.1) is 0 Å². The fraction of sp³-hybridized carbons (Fsp3) is 0.214. The van der Waals surface area contributed by atoms with E-state index in [9.17, 15) is 0 Å². The zero-order valence-corrected chi connectivity index (χ0v) is 9.43. The van der Waals surface area contributed by atoms with Crippen LogP contribution in [0.25, 0.3) is 0 Å². The lowest BCUT2D eigenvalue weighted by atomic mass is 9.82. The van der Waals surface area contributed by atoms with Gasteiger partial charge < -0.3 is 5.73 Å². The van der Waals surface area contributed by atoms with Crippen molar-refractivity contribution in [3.05, 3.63) is 66.0 Å². The molecule has 0 spiro atoms. The topological polar surface area (TPSA) is 38.9 Å². The molecule has 2 rings (SSSR count). The molecule has 1 atom stereocenters. The summed E-state index contributed by atoms with van der Waals surface area (Å²) in [5.41, 5.74) is 8.35. The van der Waals surface area contributed by atoms with Crippen molar-refractivity contribution in [2.75, 3.05) is 0 Å². The van der Waals surface area contributed by atoms with Crippen molar-refractivity contribution >= 4 is 0 Å². The normalized spacial score (nSPS) is 14.4. The van der Waals surface area contributed by atoms with Gasteiger partial charge in [-0.25, -0.2) is 0 Å². The fourth-order valence-corrected chi connectivity index (χ4v) is 1.96. The monoisotopic (exact) mass is 212 g/mol. The van der Waals surface area contributed by atoms with Gasteiger partial charge in [0.05, 0.1) is 5.54 Å². The number of nitrogens with zero attached hydrogens (tertiary/aromatic N) is 1. The molecule has 82 valence electrons. The SMILES string of the molecule is CCC(N)(c1ccccc1)c1ccncc1. The fourth-order valence-electron chi connectivity index (χ4n) is 1.96. The van der Waals surface area contributed by atoms with Crippen molar-refractivity contribution in [3.8, 4) is 0 Å². The van der Waals surface area contributed by atoms with E-state index in [1.165, 1.54) is 0 Å². The highest BCUT2D eigenvalue weighted by Gasteiger charge is 2.26. The van der Waals surface area contributed by atoms with Crippen LogP contribution in [-0.4, -0.2) is 4.98 Å². The summed E-state index contributed by atoms with van der Waals surface area (Å²) in [7, 11) is 0. The molecule has 0 amide bonds. The molecule has 0 saturated carbocycles. The van der Waals surface area contributed by atoms with Crippen LogP contribution in [0.4, 0.5) is 0 Å². The molecular weight excluding hydrogens is 196 g/mol. The molecular formula is C14H16N2. The molecule has 2 heteroatoms. The number of nitrogens with two attached hydrogens (primary N) is 1. The lowest BCUT2D eigenvalue weighted by molar-refractivity contribution is 0.518. The molecule has 16 heavy (non-hydrogen) atoms. The average molecular weight is 212 g/mol. The zero-order chi connectivity index (χ0) is 11.4. The maximum absolute atomic E-state index is 6.51. The molecule has 0 bridgehead atoms. The van der Waals surface area contributed by atoms with E-state index < -0.39 is 5.54 Å². The third-order valence-corrected chi connectivity index (χ3v) is 3.04. The second kappa shape index (κ2) is 4.45. The molecule has 1 unspecified atom stereocenters. The summed E-state index contributed by atoms with van der Waals surface area (Å²) in [6, 6.07) is 14.2. The lowest BCUT2D eigenvalue weighted by Crippen LogP contribution is -2.37. The number of aromatic nitrogens is 1. The first-order chi connectivity index (χ1) is 7.77. The van der Waals surface area contributed by atoms with Crippen LogP contribution in [0.15, 0.2) is 54.9 Å². The Morgan fingerprint density at radius 3 is 2.12 bits per heavy atom. The van der Waals surface area contributed by atoms with Crippen molar-refractivity contribution in [2.24, 2.45) is 5.73 Å². The van der Waals surface area contributed by atoms with Crippen molar-refractivity contribution < 1.29 is 0 Å². The van der Waals surface area contributed by atoms with Gasteiger partial charge in [0.15, 0.2) is 0 Å². The minimum absolute atomic E-state index is 0.412. The number of benzene rings is 1. The van der Waals surface area contributed by atoms with Crippen LogP contribution in [0.5, 0.6) is 0 Å². The molecule has 0 aliphatic carbocycles. The van der Waals surface area contributed by atoms with E-state index in [1.54, 1.807) is 12.4 Å². The van der Waals surface area contributed by atoms with Gasteiger partial charge in [0.2, 0.25) is 0 Å². The summed E-state index contributed by atoms with van der Waals surface area (Å²) in [5.74, 6) is 0. The minimum atomic E-state index is -0.412. The van der Waals surface area contributed by atoms with Crippen LogP contribution in [-0.2, 0) is 5.54 Å². The molecule has 1 aromatic heterocycles. The van der Waals surface area contributed by atoms with Gasteiger partial charge >= 0.3 is 0 Å². The van der Waals surface area contributed by atoms with Crippen LogP contribution in [0.3, 0.4) is 0 Å². The summed E-state index contributed by atoms with van der Waals surface area (Å²) in [6.07, 6.45) is 4.44. The van der Waals surface area contributed by atoms with Gasteiger partial charge in [0.1, 0.15) is 0 Å². The first-order valence-electron chi connectivity index (χ1n) is 5.52. The molecule has 2 N–H and O–H groups in total. The molecule has 1 aromatic carbocycles. The Kier molecular flexibility index (Phi) is 3.02. The van der Waals surface area contributed by atoms with Crippen LogP contribution >= 0.6 is 0 Å². The second-order valence-electron chi connectivity index (χ2n) is 3.93. The molecule has 2 nitrogen and oxygen atoms in total. The van der Waals surface area contributed by atoms with Crippen molar-refractivity contribution in [2.45, 2.75) is 18.9 Å². The Morgan fingerprint density at radius 2 is 1.56 bits per heavy atom. The Bertz CT molecular complexity index is 397. The number of rotatable bonds is 3.